The number of para-hydroxylation sites is 1. The minimum atomic E-state index is -0.321. The molecular formula is C20H19NO3S. The number of ether oxygens (including phenoxy) is 2. The monoisotopic (exact) mass is 353 g/mol. The summed E-state index contributed by atoms with van der Waals surface area (Å²) >= 11 is 1.49. The Labute approximate surface area is 151 Å². The number of rotatable bonds is 6. The summed E-state index contributed by atoms with van der Waals surface area (Å²) in [6.45, 7) is 4.53. The van der Waals surface area contributed by atoms with Crippen LogP contribution in [-0.2, 0) is 11.2 Å². The van der Waals surface area contributed by atoms with E-state index in [2.05, 4.69) is 4.98 Å². The molecule has 0 spiro atoms. The van der Waals surface area contributed by atoms with E-state index in [1.54, 1.807) is 12.1 Å². The van der Waals surface area contributed by atoms with Gasteiger partial charge in [0.15, 0.2) is 0 Å². The highest BCUT2D eigenvalue weighted by atomic mass is 32.1. The van der Waals surface area contributed by atoms with Crippen LogP contribution in [0.2, 0.25) is 0 Å². The molecule has 1 aromatic heterocycles. The third-order valence-corrected chi connectivity index (χ3v) is 4.47. The van der Waals surface area contributed by atoms with E-state index >= 15 is 0 Å². The third-order valence-electron chi connectivity index (χ3n) is 3.55. The molecule has 0 radical (unpaired) electrons. The molecule has 0 saturated carbocycles. The summed E-state index contributed by atoms with van der Waals surface area (Å²) < 4.78 is 11.0. The van der Waals surface area contributed by atoms with Crippen LogP contribution in [0.15, 0.2) is 53.9 Å². The molecule has 128 valence electrons. The van der Waals surface area contributed by atoms with E-state index in [9.17, 15) is 4.79 Å². The number of hydrogen-bond donors (Lipinski definition) is 0. The second kappa shape index (κ2) is 7.94. The van der Waals surface area contributed by atoms with Gasteiger partial charge < -0.3 is 9.47 Å². The molecule has 0 atom stereocenters. The predicted molar refractivity (Wildman–Crippen MR) is 99.2 cm³/mol. The van der Waals surface area contributed by atoms with E-state index in [0.717, 1.165) is 21.9 Å². The highest BCUT2D eigenvalue weighted by Gasteiger charge is 2.13. The molecule has 0 bridgehead atoms. The molecule has 0 N–H and O–H groups in total. The van der Waals surface area contributed by atoms with Gasteiger partial charge in [-0.05, 0) is 38.1 Å². The van der Waals surface area contributed by atoms with Crippen LogP contribution >= 0.6 is 11.3 Å². The van der Waals surface area contributed by atoms with E-state index in [1.807, 2.05) is 55.6 Å². The largest absolute Gasteiger partial charge is 0.493 e. The Balaban J connectivity index is 1.69. The fourth-order valence-electron chi connectivity index (χ4n) is 2.36. The van der Waals surface area contributed by atoms with Gasteiger partial charge in [-0.3, -0.25) is 4.79 Å². The van der Waals surface area contributed by atoms with E-state index in [1.165, 1.54) is 11.3 Å². The predicted octanol–water partition coefficient (Wildman–Crippen LogP) is 4.67. The minimum Gasteiger partial charge on any atom is -0.493 e. The topological polar surface area (TPSA) is 48.4 Å². The molecule has 0 aliphatic carbocycles. The quantitative estimate of drug-likeness (QED) is 0.477. The standard InChI is InChI=1S/C20H19NO3S/c1-3-23-18-7-5-4-6-17(18)20-21-15(13-25-20)12-19(22)24-16-10-8-14(2)9-11-16/h4-11,13H,3,12H2,1-2H3. The molecule has 2 aromatic carbocycles. The Bertz CT molecular complexity index is 855. The van der Waals surface area contributed by atoms with Crippen molar-refractivity contribution in [1.29, 1.82) is 0 Å². The molecule has 0 aliphatic rings. The van der Waals surface area contributed by atoms with Crippen LogP contribution in [0.1, 0.15) is 18.2 Å². The van der Waals surface area contributed by atoms with Crippen LogP contribution in [0.5, 0.6) is 11.5 Å². The van der Waals surface area contributed by atoms with E-state index in [-0.39, 0.29) is 12.4 Å². The molecule has 5 heteroatoms. The van der Waals surface area contributed by atoms with Crippen molar-refractivity contribution >= 4 is 17.3 Å². The van der Waals surface area contributed by atoms with Crippen molar-refractivity contribution in [2.24, 2.45) is 0 Å². The molecule has 0 unspecified atom stereocenters. The number of carbonyl (C=O) groups is 1. The van der Waals surface area contributed by atoms with Gasteiger partial charge in [-0.15, -0.1) is 11.3 Å². The van der Waals surface area contributed by atoms with Crippen LogP contribution in [0.25, 0.3) is 10.6 Å². The molecule has 0 amide bonds. The maximum atomic E-state index is 12.1. The van der Waals surface area contributed by atoms with Gasteiger partial charge in [0.25, 0.3) is 0 Å². The smallest absolute Gasteiger partial charge is 0.317 e. The average molecular weight is 353 g/mol. The molecule has 0 saturated heterocycles. The first-order valence-electron chi connectivity index (χ1n) is 8.09. The maximum Gasteiger partial charge on any atom is 0.317 e. The second-order valence-electron chi connectivity index (χ2n) is 5.54. The first-order valence-corrected chi connectivity index (χ1v) is 8.97. The molecule has 25 heavy (non-hydrogen) atoms. The van der Waals surface area contributed by atoms with E-state index in [4.69, 9.17) is 9.47 Å². The number of nitrogens with zero attached hydrogens (tertiary/aromatic N) is 1. The van der Waals surface area contributed by atoms with Crippen molar-refractivity contribution in [3.8, 4) is 22.1 Å². The summed E-state index contributed by atoms with van der Waals surface area (Å²) in [5.74, 6) is 1.03. The third kappa shape index (κ3) is 4.45. The van der Waals surface area contributed by atoms with Crippen LogP contribution < -0.4 is 9.47 Å². The Hall–Kier alpha value is -2.66. The number of hydrogen-bond acceptors (Lipinski definition) is 5. The number of benzene rings is 2. The molecular weight excluding hydrogens is 334 g/mol. The summed E-state index contributed by atoms with van der Waals surface area (Å²) in [5.41, 5.74) is 2.76. The van der Waals surface area contributed by atoms with Crippen molar-refractivity contribution in [2.75, 3.05) is 6.61 Å². The average Bonchev–Trinajstić information content (AvgIpc) is 3.06. The van der Waals surface area contributed by atoms with Crippen molar-refractivity contribution in [3.05, 3.63) is 65.2 Å². The lowest BCUT2D eigenvalue weighted by molar-refractivity contribution is -0.133. The van der Waals surface area contributed by atoms with Gasteiger partial charge in [0.05, 0.1) is 24.3 Å². The lowest BCUT2D eigenvalue weighted by Crippen LogP contribution is -2.11. The summed E-state index contributed by atoms with van der Waals surface area (Å²) in [6, 6.07) is 15.2. The van der Waals surface area contributed by atoms with Gasteiger partial charge in [-0.1, -0.05) is 29.8 Å². The zero-order valence-electron chi connectivity index (χ0n) is 14.2. The zero-order valence-corrected chi connectivity index (χ0v) is 15.0. The lowest BCUT2D eigenvalue weighted by atomic mass is 10.2. The number of carbonyl (C=O) groups excluding carboxylic acids is 1. The Morgan fingerprint density at radius 3 is 2.64 bits per heavy atom. The maximum absolute atomic E-state index is 12.1. The number of aryl methyl sites for hydroxylation is 1. The summed E-state index contributed by atoms with van der Waals surface area (Å²) in [7, 11) is 0. The van der Waals surface area contributed by atoms with Gasteiger partial charge in [-0.2, -0.15) is 0 Å². The van der Waals surface area contributed by atoms with Gasteiger partial charge in [0.2, 0.25) is 0 Å². The van der Waals surface area contributed by atoms with Crippen molar-refractivity contribution in [3.63, 3.8) is 0 Å². The van der Waals surface area contributed by atoms with Crippen LogP contribution in [0, 0.1) is 6.92 Å². The molecule has 0 fully saturated rings. The highest BCUT2D eigenvalue weighted by molar-refractivity contribution is 7.13. The zero-order chi connectivity index (χ0) is 17.6. The Morgan fingerprint density at radius 2 is 1.88 bits per heavy atom. The number of aromatic nitrogens is 1. The Kier molecular flexibility index (Phi) is 5.46. The summed E-state index contributed by atoms with van der Waals surface area (Å²) in [5, 5.41) is 2.72. The first-order chi connectivity index (χ1) is 12.2. The van der Waals surface area contributed by atoms with Crippen molar-refractivity contribution < 1.29 is 14.3 Å². The van der Waals surface area contributed by atoms with Gasteiger partial charge in [0.1, 0.15) is 16.5 Å². The van der Waals surface area contributed by atoms with Gasteiger partial charge in [0, 0.05) is 5.38 Å². The summed E-state index contributed by atoms with van der Waals surface area (Å²) in [6.07, 6.45) is 0.140. The van der Waals surface area contributed by atoms with Crippen LogP contribution in [0.3, 0.4) is 0 Å². The number of thiazole rings is 1. The molecule has 3 aromatic rings. The second-order valence-corrected chi connectivity index (χ2v) is 6.40. The molecule has 0 aliphatic heterocycles. The van der Waals surface area contributed by atoms with Gasteiger partial charge >= 0.3 is 5.97 Å². The van der Waals surface area contributed by atoms with E-state index in [0.29, 0.717) is 18.1 Å². The fourth-order valence-corrected chi connectivity index (χ4v) is 3.21. The van der Waals surface area contributed by atoms with Crippen LogP contribution in [0.4, 0.5) is 0 Å². The Morgan fingerprint density at radius 1 is 1.12 bits per heavy atom. The minimum absolute atomic E-state index is 0.140. The molecule has 1 heterocycles. The van der Waals surface area contributed by atoms with Crippen LogP contribution in [-0.4, -0.2) is 17.6 Å². The van der Waals surface area contributed by atoms with Crippen molar-refractivity contribution in [1.82, 2.24) is 4.98 Å². The van der Waals surface area contributed by atoms with E-state index < -0.39 is 0 Å². The summed E-state index contributed by atoms with van der Waals surface area (Å²) in [4.78, 5) is 16.7. The number of esters is 1. The van der Waals surface area contributed by atoms with Gasteiger partial charge in [-0.25, -0.2) is 4.98 Å². The first kappa shape index (κ1) is 17.2. The molecule has 4 nitrogen and oxygen atoms in total. The van der Waals surface area contributed by atoms with Crippen molar-refractivity contribution in [2.45, 2.75) is 20.3 Å². The normalized spacial score (nSPS) is 10.5. The fraction of sp³-hybridized carbons (Fsp3) is 0.200. The molecule has 3 rings (SSSR count). The SMILES string of the molecule is CCOc1ccccc1-c1nc(CC(=O)Oc2ccc(C)cc2)cs1. The highest BCUT2D eigenvalue weighted by Crippen LogP contribution is 2.32. The lowest BCUT2D eigenvalue weighted by Gasteiger charge is -2.07.